The van der Waals surface area contributed by atoms with Gasteiger partial charge in [-0.2, -0.15) is 0 Å². The van der Waals surface area contributed by atoms with Crippen molar-refractivity contribution in [2.45, 2.75) is 27.3 Å². The Morgan fingerprint density at radius 2 is 1.89 bits per heavy atom. The minimum atomic E-state index is 0.364. The quantitative estimate of drug-likeness (QED) is 0.867. The van der Waals surface area contributed by atoms with Crippen LogP contribution in [0.5, 0.6) is 5.75 Å². The van der Waals surface area contributed by atoms with Crippen LogP contribution in [0.3, 0.4) is 0 Å². The summed E-state index contributed by atoms with van der Waals surface area (Å²) in [6.45, 7) is 6.45. The number of benzene rings is 1. The number of nitrogens with zero attached hydrogens (tertiary/aromatic N) is 1. The van der Waals surface area contributed by atoms with E-state index in [9.17, 15) is 5.11 Å². The van der Waals surface area contributed by atoms with Crippen LogP contribution >= 0.6 is 0 Å². The molecule has 3 heteroatoms. The Morgan fingerprint density at radius 1 is 1.11 bits per heavy atom. The van der Waals surface area contributed by atoms with Gasteiger partial charge in [0.2, 0.25) is 0 Å². The van der Waals surface area contributed by atoms with E-state index in [1.54, 1.807) is 0 Å². The van der Waals surface area contributed by atoms with Crippen LogP contribution in [0.1, 0.15) is 22.5 Å². The number of phenolic OH excluding ortho intramolecular Hbond substituents is 1. The largest absolute Gasteiger partial charge is 0.507 e. The first-order valence-corrected chi connectivity index (χ1v) is 6.03. The number of aromatic hydroxyl groups is 1. The Labute approximate surface area is 108 Å². The Morgan fingerprint density at radius 3 is 2.61 bits per heavy atom. The molecule has 3 nitrogen and oxygen atoms in total. The van der Waals surface area contributed by atoms with Gasteiger partial charge in [-0.05, 0) is 38.5 Å². The van der Waals surface area contributed by atoms with Crippen molar-refractivity contribution in [2.75, 3.05) is 5.32 Å². The van der Waals surface area contributed by atoms with Crippen LogP contribution < -0.4 is 5.32 Å². The first kappa shape index (κ1) is 12.4. The number of anilines is 1. The molecule has 0 saturated heterocycles. The first-order chi connectivity index (χ1) is 8.58. The SMILES string of the molecule is Cc1ccc(NCc2cccc(C)c2O)c(C)n1. The normalized spacial score (nSPS) is 10.4. The van der Waals surface area contributed by atoms with Gasteiger partial charge in [-0.25, -0.2) is 0 Å². The van der Waals surface area contributed by atoms with Crippen molar-refractivity contribution in [1.82, 2.24) is 4.98 Å². The van der Waals surface area contributed by atoms with E-state index in [1.165, 1.54) is 0 Å². The van der Waals surface area contributed by atoms with Gasteiger partial charge in [-0.3, -0.25) is 4.98 Å². The molecule has 0 aliphatic rings. The Bertz CT molecular complexity index is 564. The molecule has 1 aromatic carbocycles. The zero-order chi connectivity index (χ0) is 13.1. The molecule has 2 N–H and O–H groups in total. The number of nitrogens with one attached hydrogen (secondary N) is 1. The maximum Gasteiger partial charge on any atom is 0.123 e. The predicted molar refractivity (Wildman–Crippen MR) is 73.9 cm³/mol. The summed E-state index contributed by atoms with van der Waals surface area (Å²) >= 11 is 0. The van der Waals surface area contributed by atoms with Crippen molar-refractivity contribution < 1.29 is 5.11 Å². The third-order valence-corrected chi connectivity index (χ3v) is 3.02. The molecule has 1 heterocycles. The minimum absolute atomic E-state index is 0.364. The smallest absolute Gasteiger partial charge is 0.123 e. The molecule has 0 saturated carbocycles. The summed E-state index contributed by atoms with van der Waals surface area (Å²) in [5, 5.41) is 13.2. The van der Waals surface area contributed by atoms with Crippen molar-refractivity contribution >= 4 is 5.69 Å². The summed E-state index contributed by atoms with van der Waals surface area (Å²) in [6, 6.07) is 9.77. The van der Waals surface area contributed by atoms with E-state index in [1.807, 2.05) is 51.1 Å². The van der Waals surface area contributed by atoms with E-state index >= 15 is 0 Å². The van der Waals surface area contributed by atoms with Gasteiger partial charge in [0.05, 0.1) is 11.4 Å². The van der Waals surface area contributed by atoms with Gasteiger partial charge in [-0.15, -0.1) is 0 Å². The lowest BCUT2D eigenvalue weighted by molar-refractivity contribution is 0.465. The van der Waals surface area contributed by atoms with Gasteiger partial charge >= 0.3 is 0 Å². The van der Waals surface area contributed by atoms with Crippen LogP contribution in [0.15, 0.2) is 30.3 Å². The predicted octanol–water partition coefficient (Wildman–Crippen LogP) is 3.32. The minimum Gasteiger partial charge on any atom is -0.507 e. The number of rotatable bonds is 3. The molecule has 0 atom stereocenters. The summed E-state index contributed by atoms with van der Waals surface area (Å²) in [5.74, 6) is 0.364. The van der Waals surface area contributed by atoms with Crippen molar-refractivity contribution in [2.24, 2.45) is 0 Å². The van der Waals surface area contributed by atoms with E-state index in [0.717, 1.165) is 28.2 Å². The molecule has 1 aromatic heterocycles. The fourth-order valence-electron chi connectivity index (χ4n) is 1.93. The molecule has 2 aromatic rings. The van der Waals surface area contributed by atoms with E-state index in [-0.39, 0.29) is 0 Å². The Balaban J connectivity index is 2.14. The number of pyridine rings is 1. The van der Waals surface area contributed by atoms with E-state index in [0.29, 0.717) is 12.3 Å². The summed E-state index contributed by atoms with van der Waals surface area (Å²) in [4.78, 5) is 4.40. The lowest BCUT2D eigenvalue weighted by Crippen LogP contribution is -2.03. The van der Waals surface area contributed by atoms with Crippen LogP contribution in [-0.4, -0.2) is 10.1 Å². The van der Waals surface area contributed by atoms with Gasteiger partial charge in [0.15, 0.2) is 0 Å². The molecular weight excluding hydrogens is 224 g/mol. The van der Waals surface area contributed by atoms with Crippen LogP contribution in [0, 0.1) is 20.8 Å². The molecule has 0 fully saturated rings. The van der Waals surface area contributed by atoms with Gasteiger partial charge < -0.3 is 10.4 Å². The maximum absolute atomic E-state index is 9.93. The average molecular weight is 242 g/mol. The zero-order valence-electron chi connectivity index (χ0n) is 11.0. The fourth-order valence-corrected chi connectivity index (χ4v) is 1.93. The third kappa shape index (κ3) is 2.62. The van der Waals surface area contributed by atoms with Crippen molar-refractivity contribution in [3.63, 3.8) is 0 Å². The topological polar surface area (TPSA) is 45.1 Å². The first-order valence-electron chi connectivity index (χ1n) is 6.03. The maximum atomic E-state index is 9.93. The third-order valence-electron chi connectivity index (χ3n) is 3.02. The number of hydrogen-bond donors (Lipinski definition) is 2. The highest BCUT2D eigenvalue weighted by Gasteiger charge is 2.04. The lowest BCUT2D eigenvalue weighted by atomic mass is 10.1. The number of aromatic nitrogens is 1. The molecule has 94 valence electrons. The molecule has 18 heavy (non-hydrogen) atoms. The highest BCUT2D eigenvalue weighted by atomic mass is 16.3. The fraction of sp³-hybridized carbons (Fsp3) is 0.267. The molecule has 0 amide bonds. The van der Waals surface area contributed by atoms with Crippen LogP contribution in [0.2, 0.25) is 0 Å². The van der Waals surface area contributed by atoms with Crippen molar-refractivity contribution in [3.8, 4) is 5.75 Å². The zero-order valence-corrected chi connectivity index (χ0v) is 11.0. The summed E-state index contributed by atoms with van der Waals surface area (Å²) < 4.78 is 0. The molecule has 0 aliphatic heterocycles. The Hall–Kier alpha value is -2.03. The monoisotopic (exact) mass is 242 g/mol. The molecule has 0 spiro atoms. The van der Waals surface area contributed by atoms with Gasteiger partial charge in [0.25, 0.3) is 0 Å². The van der Waals surface area contributed by atoms with Gasteiger partial charge in [-0.1, -0.05) is 18.2 Å². The highest BCUT2D eigenvalue weighted by Crippen LogP contribution is 2.23. The second-order valence-electron chi connectivity index (χ2n) is 4.52. The second-order valence-corrected chi connectivity index (χ2v) is 4.52. The molecule has 0 aliphatic carbocycles. The lowest BCUT2D eigenvalue weighted by Gasteiger charge is -2.11. The van der Waals surface area contributed by atoms with Gasteiger partial charge in [0, 0.05) is 17.8 Å². The van der Waals surface area contributed by atoms with E-state index in [4.69, 9.17) is 0 Å². The number of phenols is 1. The van der Waals surface area contributed by atoms with Crippen molar-refractivity contribution in [1.29, 1.82) is 0 Å². The second kappa shape index (κ2) is 5.08. The number of aryl methyl sites for hydroxylation is 3. The van der Waals surface area contributed by atoms with E-state index in [2.05, 4.69) is 10.3 Å². The average Bonchev–Trinajstić information content (AvgIpc) is 2.33. The van der Waals surface area contributed by atoms with Crippen LogP contribution in [-0.2, 0) is 6.54 Å². The molecule has 0 unspecified atom stereocenters. The Kier molecular flexibility index (Phi) is 3.51. The number of para-hydroxylation sites is 1. The highest BCUT2D eigenvalue weighted by molar-refractivity contribution is 5.49. The number of hydrogen-bond acceptors (Lipinski definition) is 3. The van der Waals surface area contributed by atoms with Crippen molar-refractivity contribution in [3.05, 3.63) is 52.8 Å². The molecular formula is C15H18N2O. The van der Waals surface area contributed by atoms with E-state index < -0.39 is 0 Å². The summed E-state index contributed by atoms with van der Waals surface area (Å²) in [6.07, 6.45) is 0. The summed E-state index contributed by atoms with van der Waals surface area (Å²) in [7, 11) is 0. The molecule has 0 bridgehead atoms. The van der Waals surface area contributed by atoms with Crippen LogP contribution in [0.25, 0.3) is 0 Å². The van der Waals surface area contributed by atoms with Crippen LogP contribution in [0.4, 0.5) is 5.69 Å². The standard InChI is InChI=1S/C15H18N2O/c1-10-5-4-6-13(15(10)18)9-16-14-8-7-11(2)17-12(14)3/h4-8,16,18H,9H2,1-3H3. The molecule has 2 rings (SSSR count). The summed E-state index contributed by atoms with van der Waals surface area (Å²) in [5.41, 5.74) is 4.78. The molecule has 0 radical (unpaired) electrons. The van der Waals surface area contributed by atoms with Gasteiger partial charge in [0.1, 0.15) is 5.75 Å².